The van der Waals surface area contributed by atoms with Crippen molar-refractivity contribution in [2.45, 2.75) is 105 Å². The van der Waals surface area contributed by atoms with Gasteiger partial charge in [0.15, 0.2) is 17.2 Å². The van der Waals surface area contributed by atoms with Gasteiger partial charge >= 0.3 is 0 Å². The standard InChI is InChI=1S/C35H46O8/c1-16(2)25-28(38)23(19(5)36)30(40)35(43)31(41)26-29(39)24-22(18(4)33(26,6)32(42)34(25,35)7)15-14-21(27(24)37)13-12-20-10-8-17(3)9-11-20/h14-18,20,25,32,37,39-40,42-43H,8-13H2,1-7H3/t17?,18-,20?,25?,32-,33+,34+,35+/m1/s1. The van der Waals surface area contributed by atoms with Gasteiger partial charge in [-0.25, -0.2) is 0 Å². The van der Waals surface area contributed by atoms with Gasteiger partial charge in [-0.1, -0.05) is 79.4 Å². The first-order chi connectivity index (χ1) is 20.0. The Morgan fingerprint density at radius 3 is 2.19 bits per heavy atom. The Bertz CT molecular complexity index is 1460. The molecule has 0 bridgehead atoms. The summed E-state index contributed by atoms with van der Waals surface area (Å²) in [5.74, 6) is -5.54. The molecule has 0 amide bonds. The normalized spacial score (nSPS) is 37.8. The highest BCUT2D eigenvalue weighted by atomic mass is 16.4. The van der Waals surface area contributed by atoms with E-state index in [0.29, 0.717) is 23.5 Å². The third-order valence-corrected chi connectivity index (χ3v) is 11.9. The Kier molecular flexibility index (Phi) is 7.53. The van der Waals surface area contributed by atoms with Crippen molar-refractivity contribution < 1.29 is 39.9 Å². The number of phenolic OH excluding ortho intramolecular Hbond substituents is 1. The largest absolute Gasteiger partial charge is 0.508 e. The number of aliphatic hydroxyl groups excluding tert-OH is 3. The fourth-order valence-corrected chi connectivity index (χ4v) is 9.15. The van der Waals surface area contributed by atoms with Gasteiger partial charge in [-0.15, -0.1) is 0 Å². The molecule has 43 heavy (non-hydrogen) atoms. The lowest BCUT2D eigenvalue weighted by Gasteiger charge is -2.63. The van der Waals surface area contributed by atoms with Gasteiger partial charge in [0.2, 0.25) is 5.78 Å². The molecule has 0 spiro atoms. The number of benzene rings is 1. The van der Waals surface area contributed by atoms with Gasteiger partial charge in [0, 0.05) is 16.7 Å². The minimum atomic E-state index is -2.87. The molecular weight excluding hydrogens is 548 g/mol. The highest BCUT2D eigenvalue weighted by Gasteiger charge is 2.77. The molecule has 0 aliphatic heterocycles. The predicted octanol–water partition coefficient (Wildman–Crippen LogP) is 5.48. The molecule has 1 aromatic rings. The van der Waals surface area contributed by atoms with E-state index >= 15 is 0 Å². The van der Waals surface area contributed by atoms with Crippen LogP contribution in [0.1, 0.15) is 103 Å². The molecule has 8 heteroatoms. The van der Waals surface area contributed by atoms with Gasteiger partial charge in [0.25, 0.3) is 0 Å². The van der Waals surface area contributed by atoms with Crippen LogP contribution in [0.15, 0.2) is 29.0 Å². The van der Waals surface area contributed by atoms with E-state index in [1.807, 2.05) is 12.1 Å². The first-order valence-electron chi connectivity index (χ1n) is 15.7. The molecule has 0 heterocycles. The van der Waals surface area contributed by atoms with Crippen molar-refractivity contribution in [2.24, 2.45) is 34.5 Å². The van der Waals surface area contributed by atoms with Gasteiger partial charge in [-0.05, 0) is 54.6 Å². The highest BCUT2D eigenvalue weighted by Crippen LogP contribution is 2.67. The number of ketones is 3. The van der Waals surface area contributed by atoms with Crippen LogP contribution >= 0.6 is 0 Å². The second-order valence-electron chi connectivity index (χ2n) is 14.5. The second kappa shape index (κ2) is 10.3. The van der Waals surface area contributed by atoms with Crippen LogP contribution in [0.25, 0.3) is 5.76 Å². The Balaban J connectivity index is 1.69. The number of allylic oxidation sites excluding steroid dienone is 1. The zero-order valence-corrected chi connectivity index (χ0v) is 26.3. The zero-order valence-electron chi connectivity index (χ0n) is 26.3. The zero-order chi connectivity index (χ0) is 32.0. The summed E-state index contributed by atoms with van der Waals surface area (Å²) in [5, 5.41) is 59.2. The molecule has 0 aromatic heterocycles. The average Bonchev–Trinajstić information content (AvgIpc) is 2.93. The molecule has 5 rings (SSSR count). The van der Waals surface area contributed by atoms with Crippen molar-refractivity contribution in [1.82, 2.24) is 0 Å². The Hall–Kier alpha value is -2.97. The minimum Gasteiger partial charge on any atom is -0.508 e. The van der Waals surface area contributed by atoms with Gasteiger partial charge < -0.3 is 25.5 Å². The van der Waals surface area contributed by atoms with Gasteiger partial charge in [0.1, 0.15) is 22.8 Å². The lowest BCUT2D eigenvalue weighted by atomic mass is 9.40. The maximum Gasteiger partial charge on any atom is 0.203 e. The maximum atomic E-state index is 14.6. The molecule has 0 radical (unpaired) electrons. The number of aromatic hydroxyl groups is 1. The van der Waals surface area contributed by atoms with E-state index in [0.717, 1.165) is 32.1 Å². The Morgan fingerprint density at radius 1 is 1.02 bits per heavy atom. The summed E-state index contributed by atoms with van der Waals surface area (Å²) < 4.78 is 0. The summed E-state index contributed by atoms with van der Waals surface area (Å²) in [5.41, 5.74) is -6.09. The number of rotatable bonds is 5. The van der Waals surface area contributed by atoms with Gasteiger partial charge in [-0.2, -0.15) is 0 Å². The van der Waals surface area contributed by atoms with Crippen LogP contribution in [0.2, 0.25) is 0 Å². The van der Waals surface area contributed by atoms with Crippen molar-refractivity contribution in [1.29, 1.82) is 0 Å². The number of aryl methyl sites for hydroxylation is 1. The van der Waals surface area contributed by atoms with E-state index in [9.17, 15) is 39.9 Å². The third-order valence-electron chi connectivity index (χ3n) is 11.9. The van der Waals surface area contributed by atoms with Crippen molar-refractivity contribution in [3.63, 3.8) is 0 Å². The molecule has 2 fully saturated rings. The smallest absolute Gasteiger partial charge is 0.203 e. The molecule has 4 aliphatic rings. The van der Waals surface area contributed by atoms with Crippen molar-refractivity contribution in [2.75, 3.05) is 0 Å². The molecule has 8 nitrogen and oxygen atoms in total. The molecule has 2 saturated carbocycles. The fraction of sp³-hybridized carbons (Fsp3) is 0.629. The molecule has 1 aromatic carbocycles. The van der Waals surface area contributed by atoms with Crippen LogP contribution < -0.4 is 0 Å². The maximum absolute atomic E-state index is 14.6. The van der Waals surface area contributed by atoms with E-state index < -0.39 is 74.7 Å². The number of carbonyl (C=O) groups is 3. The van der Waals surface area contributed by atoms with Crippen LogP contribution in [0, 0.1) is 34.5 Å². The molecule has 1 unspecified atom stereocenters. The lowest BCUT2D eigenvalue weighted by molar-refractivity contribution is -0.215. The number of fused-ring (bicyclic) bond motifs is 3. The summed E-state index contributed by atoms with van der Waals surface area (Å²) in [7, 11) is 0. The number of phenols is 1. The van der Waals surface area contributed by atoms with Gasteiger partial charge in [-0.3, -0.25) is 14.4 Å². The Labute approximate surface area is 253 Å². The second-order valence-corrected chi connectivity index (χ2v) is 14.5. The van der Waals surface area contributed by atoms with Gasteiger partial charge in [0.05, 0.1) is 17.2 Å². The van der Waals surface area contributed by atoms with Crippen molar-refractivity contribution in [3.05, 3.63) is 45.7 Å². The molecule has 234 valence electrons. The number of aliphatic hydroxyl groups is 4. The number of carbonyl (C=O) groups excluding carboxylic acids is 3. The van der Waals surface area contributed by atoms with E-state index in [2.05, 4.69) is 6.92 Å². The average molecular weight is 595 g/mol. The van der Waals surface area contributed by atoms with E-state index in [-0.39, 0.29) is 16.9 Å². The van der Waals surface area contributed by atoms with Crippen LogP contribution in [-0.2, 0) is 20.8 Å². The molecule has 6 atom stereocenters. The SMILES string of the molecule is CC(=O)C1=C(O)[C@]2(O)C(=O)C3=C(O)c4c(ccc(CCC5CCC(C)CC5)c4O)[C@@H](C)[C@]3(C)[C@@H](O)[C@]2(C)C(C(C)C)C1=O. The quantitative estimate of drug-likeness (QED) is 0.281. The highest BCUT2D eigenvalue weighted by molar-refractivity contribution is 6.24. The van der Waals surface area contributed by atoms with Crippen LogP contribution in [-0.4, -0.2) is 54.6 Å². The Morgan fingerprint density at radius 2 is 1.63 bits per heavy atom. The predicted molar refractivity (Wildman–Crippen MR) is 161 cm³/mol. The lowest BCUT2D eigenvalue weighted by Crippen LogP contribution is -2.75. The topological polar surface area (TPSA) is 152 Å². The number of hydrogen-bond donors (Lipinski definition) is 5. The molecular formula is C35H46O8. The van der Waals surface area contributed by atoms with Crippen molar-refractivity contribution in [3.8, 4) is 5.75 Å². The summed E-state index contributed by atoms with van der Waals surface area (Å²) in [6, 6.07) is 3.65. The molecule has 0 saturated heterocycles. The van der Waals surface area contributed by atoms with Crippen LogP contribution in [0.4, 0.5) is 0 Å². The summed E-state index contributed by atoms with van der Waals surface area (Å²) in [6.07, 6.45) is 4.51. The summed E-state index contributed by atoms with van der Waals surface area (Å²) in [6.45, 7) is 11.5. The van der Waals surface area contributed by atoms with E-state index in [1.165, 1.54) is 19.8 Å². The number of hydrogen-bond acceptors (Lipinski definition) is 8. The van der Waals surface area contributed by atoms with Crippen molar-refractivity contribution >= 4 is 23.1 Å². The van der Waals surface area contributed by atoms with E-state index in [1.54, 1.807) is 27.7 Å². The first-order valence-corrected chi connectivity index (χ1v) is 15.7. The van der Waals surface area contributed by atoms with Crippen LogP contribution in [0.5, 0.6) is 5.75 Å². The monoisotopic (exact) mass is 594 g/mol. The fourth-order valence-electron chi connectivity index (χ4n) is 9.15. The first kappa shape index (κ1) is 31.5. The molecule has 4 aliphatic carbocycles. The number of Topliss-reactive ketones (excluding diaryl/α,β-unsaturated/α-hetero) is 3. The van der Waals surface area contributed by atoms with Crippen LogP contribution in [0.3, 0.4) is 0 Å². The minimum absolute atomic E-state index is 0.0741. The molecule has 5 N–H and O–H groups in total. The summed E-state index contributed by atoms with van der Waals surface area (Å²) >= 11 is 0. The van der Waals surface area contributed by atoms with E-state index in [4.69, 9.17) is 0 Å². The summed E-state index contributed by atoms with van der Waals surface area (Å²) in [4.78, 5) is 40.8. The third kappa shape index (κ3) is 3.98.